The van der Waals surface area contributed by atoms with Gasteiger partial charge in [0.05, 0.1) is 11.1 Å². The number of amides is 1. The number of hydrogen-bond donors (Lipinski definition) is 3. The van der Waals surface area contributed by atoms with Gasteiger partial charge in [-0.15, -0.1) is 0 Å². The monoisotopic (exact) mass is 716 g/mol. The Balaban J connectivity index is 1.39. The van der Waals surface area contributed by atoms with Crippen molar-refractivity contribution in [3.8, 4) is 0 Å². The summed E-state index contributed by atoms with van der Waals surface area (Å²) in [5.41, 5.74) is 4.38. The van der Waals surface area contributed by atoms with E-state index in [9.17, 15) is 13.6 Å². The lowest BCUT2D eigenvalue weighted by Crippen LogP contribution is -2.91. The summed E-state index contributed by atoms with van der Waals surface area (Å²) in [5, 5.41) is 13.4. The fraction of sp³-hybridized carbons (Fsp3) is 0.355. The molecule has 0 spiro atoms. The predicted molar refractivity (Wildman–Crippen MR) is 255 cm³/mol. The Kier molecular flexibility index (Phi) is 10.1. The third-order valence-corrected chi connectivity index (χ3v) is 13.3. The molecule has 2 fully saturated rings. The lowest BCUT2D eigenvalue weighted by Gasteiger charge is -2.74. The lowest BCUT2D eigenvalue weighted by atomic mass is 9.26. The second kappa shape index (κ2) is 13.5. The van der Waals surface area contributed by atoms with Gasteiger partial charge in [0.2, 0.25) is 0 Å². The zero-order valence-corrected chi connectivity index (χ0v) is 34.7. The van der Waals surface area contributed by atoms with Crippen LogP contribution in [0, 0.1) is 11.6 Å². The zero-order valence-electron chi connectivity index (χ0n) is 34.7. The number of fused-ring (bicyclic) bond motifs is 1. The van der Waals surface area contributed by atoms with Crippen molar-refractivity contribution in [2.24, 2.45) is 0 Å². The first kappa shape index (κ1) is 40.5. The van der Waals surface area contributed by atoms with Gasteiger partial charge in [-0.25, -0.2) is 8.78 Å². The lowest BCUT2D eigenvalue weighted by molar-refractivity contribution is -0.0184. The van der Waals surface area contributed by atoms with E-state index in [1.54, 1.807) is 0 Å². The SMILES string of the molecule is Bc1c(F)cc(Cc2ccc3[nH]nc(NC(=O)c4ccc(N5C(B)(B)C(B)(B)N(C)C(B)(B)C5(B)B)cc4NC4CC(B)(B)OC(B)(B)C4)c3c2)cc1F. The highest BCUT2D eigenvalue weighted by Crippen LogP contribution is 2.45. The Morgan fingerprint density at radius 1 is 0.833 bits per heavy atom. The molecule has 0 bridgehead atoms. The van der Waals surface area contributed by atoms with E-state index in [0.717, 1.165) is 35.3 Å². The number of halogens is 2. The van der Waals surface area contributed by atoms with Gasteiger partial charge < -0.3 is 25.2 Å². The van der Waals surface area contributed by atoms with Gasteiger partial charge in [0.1, 0.15) is 114 Å². The fourth-order valence-corrected chi connectivity index (χ4v) is 9.29. The van der Waals surface area contributed by atoms with Crippen LogP contribution in [0.2, 0.25) is 0 Å². The van der Waals surface area contributed by atoms with Crippen LogP contribution in [0.5, 0.6) is 0 Å². The van der Waals surface area contributed by atoms with Crippen molar-refractivity contribution in [2.45, 2.75) is 57.5 Å². The number of carbonyl (C=O) groups excluding carboxylic acids is 1. The van der Waals surface area contributed by atoms with Gasteiger partial charge >= 0.3 is 0 Å². The summed E-state index contributed by atoms with van der Waals surface area (Å²) < 4.78 is 35.1. The molecule has 3 N–H and O–H groups in total. The van der Waals surface area contributed by atoms with Crippen molar-refractivity contribution in [1.82, 2.24) is 15.1 Å². The standard InChI is InChI=1S/C31H47B13F2N6O2/c1-51-28(37,38)30(41,42)52(31(43,44)29(51,39)40)16-3-4-17(22(10-16)47-15-11-26(33,34)54-27(35,36)12-15)25(53)48-24-18-7-13(2-5-21(18)49-50-24)6-14-8-19(45)23(32)20(46)9-14/h2-5,7-10,15,47H,6,11-12,32-44H2,1H3,(H2,48,49,50,53). The first-order valence-corrected chi connectivity index (χ1v) is 19.2. The minimum absolute atomic E-state index is 0.00352. The Hall–Kier alpha value is -3.18. The minimum Gasteiger partial charge on any atom is -0.404 e. The molecular formula is C31H47B13F2N6O2. The molecule has 0 saturated carbocycles. The van der Waals surface area contributed by atoms with E-state index in [0.29, 0.717) is 28.8 Å². The van der Waals surface area contributed by atoms with Gasteiger partial charge in [-0.05, 0) is 107 Å². The van der Waals surface area contributed by atoms with Gasteiger partial charge in [-0.1, -0.05) is 6.07 Å². The molecule has 4 aromatic rings. The third kappa shape index (κ3) is 7.05. The molecule has 3 aromatic carbocycles. The Morgan fingerprint density at radius 2 is 1.41 bits per heavy atom. The highest BCUT2D eigenvalue weighted by molar-refractivity contribution is 6.62. The molecule has 0 radical (unpaired) electrons. The number of carbonyl (C=O) groups is 1. The highest BCUT2D eigenvalue weighted by Gasteiger charge is 2.60. The van der Waals surface area contributed by atoms with Crippen LogP contribution < -0.4 is 21.0 Å². The number of anilines is 3. The Labute approximate surface area is 330 Å². The number of rotatable bonds is 7. The second-order valence-electron chi connectivity index (χ2n) is 19.0. The Morgan fingerprint density at radius 3 is 1.98 bits per heavy atom. The molecule has 0 unspecified atom stereocenters. The summed E-state index contributed by atoms with van der Waals surface area (Å²) in [4.78, 5) is 19.5. The largest absolute Gasteiger partial charge is 0.404 e. The number of hydrogen-bond acceptors (Lipinski definition) is 6. The maximum atomic E-state index is 14.4. The zero-order chi connectivity index (χ0) is 40.0. The first-order chi connectivity index (χ1) is 24.8. The van der Waals surface area contributed by atoms with Gasteiger partial charge in [0, 0.05) is 33.6 Å². The molecular weight excluding hydrogens is 667 g/mol. The fourth-order valence-electron chi connectivity index (χ4n) is 9.29. The van der Waals surface area contributed by atoms with E-state index in [1.807, 2.05) is 24.3 Å². The van der Waals surface area contributed by atoms with E-state index in [2.05, 4.69) is 144 Å². The van der Waals surface area contributed by atoms with Crippen LogP contribution in [-0.2, 0) is 11.2 Å². The van der Waals surface area contributed by atoms with Gasteiger partial charge in [0.15, 0.2) is 5.82 Å². The van der Waals surface area contributed by atoms with Crippen LogP contribution in [0.15, 0.2) is 48.5 Å². The van der Waals surface area contributed by atoms with Crippen molar-refractivity contribution in [3.63, 3.8) is 0 Å². The van der Waals surface area contributed by atoms with Crippen LogP contribution in [0.4, 0.5) is 26.0 Å². The van der Waals surface area contributed by atoms with Crippen LogP contribution >= 0.6 is 0 Å². The number of nitrogens with one attached hydrogen (secondary N) is 3. The average molecular weight is 714 g/mol. The van der Waals surface area contributed by atoms with Gasteiger partial charge in [0.25, 0.3) is 5.91 Å². The topological polar surface area (TPSA) is 85.5 Å². The summed E-state index contributed by atoms with van der Waals surface area (Å²) in [5.74, 6) is -1.06. The summed E-state index contributed by atoms with van der Waals surface area (Å²) in [6.45, 7) is 0. The smallest absolute Gasteiger partial charge is 0.258 e. The molecule has 0 atom stereocenters. The Bertz CT molecular complexity index is 2070. The number of ether oxygens (including phenoxy) is 1. The van der Waals surface area contributed by atoms with E-state index in [4.69, 9.17) is 4.74 Å². The number of likely N-dealkylation sites (N-methyl/N-ethyl adjacent to an activating group) is 1. The van der Waals surface area contributed by atoms with E-state index in [-0.39, 0.29) is 49.6 Å². The number of aromatic nitrogens is 2. The molecule has 2 aliphatic rings. The maximum Gasteiger partial charge on any atom is 0.258 e. The summed E-state index contributed by atoms with van der Waals surface area (Å²) >= 11 is 0. The van der Waals surface area contributed by atoms with Crippen LogP contribution in [0.25, 0.3) is 10.9 Å². The highest BCUT2D eigenvalue weighted by atomic mass is 19.1. The van der Waals surface area contributed by atoms with Crippen molar-refractivity contribution in [1.29, 1.82) is 0 Å². The van der Waals surface area contributed by atoms with Crippen LogP contribution in [0.3, 0.4) is 0 Å². The molecule has 0 aliphatic carbocycles. The molecule has 8 nitrogen and oxygen atoms in total. The van der Waals surface area contributed by atoms with Crippen molar-refractivity contribution >= 4 is 141 Å². The summed E-state index contributed by atoms with van der Waals surface area (Å²) in [6.07, 6.45) is 1.87. The van der Waals surface area contributed by atoms with Crippen LogP contribution in [0.1, 0.15) is 34.3 Å². The number of nitrogens with zero attached hydrogens (tertiary/aromatic N) is 3. The molecule has 266 valence electrons. The normalized spacial score (nSPS) is 21.4. The van der Waals surface area contributed by atoms with E-state index in [1.165, 1.54) is 20.0 Å². The third-order valence-electron chi connectivity index (χ3n) is 13.3. The number of aromatic amines is 1. The van der Waals surface area contributed by atoms with Crippen molar-refractivity contribution in [2.75, 3.05) is 22.6 Å². The maximum absolute atomic E-state index is 14.4. The van der Waals surface area contributed by atoms with E-state index >= 15 is 0 Å². The van der Waals surface area contributed by atoms with Crippen LogP contribution in [-0.4, -0.2) is 168 Å². The average Bonchev–Trinajstić information content (AvgIpc) is 3.42. The van der Waals surface area contributed by atoms with Gasteiger partial charge in [-0.3, -0.25) is 9.89 Å². The molecule has 54 heavy (non-hydrogen) atoms. The molecule has 23 heteroatoms. The molecule has 1 aromatic heterocycles. The second-order valence-corrected chi connectivity index (χ2v) is 19.0. The number of H-pyrrole nitrogens is 1. The summed E-state index contributed by atoms with van der Waals surface area (Å²) in [6, 6.07) is 14.6. The molecule has 1 amide bonds. The molecule has 2 saturated heterocycles. The van der Waals surface area contributed by atoms with Crippen molar-refractivity contribution < 1.29 is 18.3 Å². The predicted octanol–water partition coefficient (Wildman–Crippen LogP) is -9.19. The number of piperazine rings is 1. The summed E-state index contributed by atoms with van der Waals surface area (Å²) in [7, 11) is 30.6. The molecule has 3 heterocycles. The quantitative estimate of drug-likeness (QED) is 0.165. The van der Waals surface area contributed by atoms with Crippen molar-refractivity contribution in [3.05, 3.63) is 76.9 Å². The molecule has 2 aliphatic heterocycles. The van der Waals surface area contributed by atoms with Gasteiger partial charge in [-0.2, -0.15) is 5.10 Å². The molecule has 6 rings (SSSR count). The number of benzene rings is 3. The van der Waals surface area contributed by atoms with E-state index < -0.39 is 11.6 Å². The first-order valence-electron chi connectivity index (χ1n) is 19.2. The minimum atomic E-state index is -0.571.